The molecule has 0 aromatic carbocycles. The van der Waals surface area contributed by atoms with Crippen LogP contribution < -0.4 is 10.9 Å². The summed E-state index contributed by atoms with van der Waals surface area (Å²) >= 11 is 0. The third-order valence-electron chi connectivity index (χ3n) is 5.36. The highest BCUT2D eigenvalue weighted by Gasteiger charge is 2.24. The lowest BCUT2D eigenvalue weighted by Gasteiger charge is -2.27. The van der Waals surface area contributed by atoms with Crippen molar-refractivity contribution in [1.29, 1.82) is 0 Å². The Hall–Kier alpha value is -2.64. The summed E-state index contributed by atoms with van der Waals surface area (Å²) in [6.07, 6.45) is 8.97. The second-order valence-corrected chi connectivity index (χ2v) is 7.14. The van der Waals surface area contributed by atoms with Crippen LogP contribution in [0.5, 0.6) is 0 Å². The van der Waals surface area contributed by atoms with Crippen molar-refractivity contribution in [3.8, 4) is 0 Å². The van der Waals surface area contributed by atoms with Crippen LogP contribution in [0.15, 0.2) is 23.4 Å². The molecule has 138 valence electrons. The second-order valence-electron chi connectivity index (χ2n) is 7.14. The van der Waals surface area contributed by atoms with Gasteiger partial charge in [-0.2, -0.15) is 5.10 Å². The van der Waals surface area contributed by atoms with Crippen LogP contribution in [0.2, 0.25) is 0 Å². The van der Waals surface area contributed by atoms with Gasteiger partial charge in [-0.05, 0) is 25.3 Å². The quantitative estimate of drug-likeness (QED) is 0.900. The molecule has 0 unspecified atom stereocenters. The Bertz CT molecular complexity index is 865. The third-order valence-corrected chi connectivity index (χ3v) is 5.36. The Morgan fingerprint density at radius 2 is 2.15 bits per heavy atom. The summed E-state index contributed by atoms with van der Waals surface area (Å²) in [6, 6.07) is 2.33. The van der Waals surface area contributed by atoms with Crippen molar-refractivity contribution in [3.05, 3.63) is 45.9 Å². The van der Waals surface area contributed by atoms with Gasteiger partial charge in [0.05, 0.1) is 36.8 Å². The molecule has 1 aliphatic heterocycles. The molecule has 2 aromatic rings. The van der Waals surface area contributed by atoms with Crippen molar-refractivity contribution in [2.75, 3.05) is 6.54 Å². The van der Waals surface area contributed by atoms with Gasteiger partial charge in [0.25, 0.3) is 5.56 Å². The fourth-order valence-electron chi connectivity index (χ4n) is 3.81. The zero-order chi connectivity index (χ0) is 18.1. The van der Waals surface area contributed by atoms with Crippen molar-refractivity contribution in [1.82, 2.24) is 29.5 Å². The number of hydrogen-bond donors (Lipinski definition) is 1. The van der Waals surface area contributed by atoms with E-state index in [-0.39, 0.29) is 11.6 Å². The van der Waals surface area contributed by atoms with Crippen molar-refractivity contribution in [3.63, 3.8) is 0 Å². The lowest BCUT2D eigenvalue weighted by atomic mass is 10.1. The molecular formula is C18H24N6O2. The predicted molar refractivity (Wildman–Crippen MR) is 95.6 cm³/mol. The number of urea groups is 1. The maximum Gasteiger partial charge on any atom is 0.318 e. The van der Waals surface area contributed by atoms with Gasteiger partial charge in [-0.1, -0.05) is 12.8 Å². The van der Waals surface area contributed by atoms with Gasteiger partial charge in [0.15, 0.2) is 0 Å². The highest BCUT2D eigenvalue weighted by molar-refractivity contribution is 5.74. The minimum Gasteiger partial charge on any atom is -0.332 e. The maximum atomic E-state index is 12.5. The summed E-state index contributed by atoms with van der Waals surface area (Å²) in [5.41, 5.74) is 2.26. The minimum atomic E-state index is -0.145. The monoisotopic (exact) mass is 356 g/mol. The number of nitrogens with one attached hydrogen (secondary N) is 1. The number of amides is 2. The standard InChI is InChI=1S/C18H24N6O2/c1-22-12-20-16-11-23(8-7-15(16)17(22)25)18(26)19-10-13-6-9-24(21-13)14-4-2-3-5-14/h6,9,12,14H,2-5,7-8,10-11H2,1H3,(H,19,26). The number of carbonyl (C=O) groups is 1. The van der Waals surface area contributed by atoms with Gasteiger partial charge in [-0.15, -0.1) is 0 Å². The van der Waals surface area contributed by atoms with Crippen LogP contribution in [0, 0.1) is 0 Å². The average molecular weight is 356 g/mol. The van der Waals surface area contributed by atoms with Crippen LogP contribution in [0.3, 0.4) is 0 Å². The summed E-state index contributed by atoms with van der Waals surface area (Å²) in [7, 11) is 1.69. The molecule has 1 fully saturated rings. The average Bonchev–Trinajstić information content (AvgIpc) is 3.34. The van der Waals surface area contributed by atoms with Crippen LogP contribution in [0.1, 0.15) is 48.7 Å². The van der Waals surface area contributed by atoms with E-state index in [4.69, 9.17) is 0 Å². The van der Waals surface area contributed by atoms with Crippen LogP contribution in [0.25, 0.3) is 0 Å². The first kappa shape index (κ1) is 16.8. The lowest BCUT2D eigenvalue weighted by Crippen LogP contribution is -2.44. The van der Waals surface area contributed by atoms with Gasteiger partial charge in [0.1, 0.15) is 0 Å². The molecule has 4 rings (SSSR count). The lowest BCUT2D eigenvalue weighted by molar-refractivity contribution is 0.190. The Kier molecular flexibility index (Phi) is 4.48. The van der Waals surface area contributed by atoms with Gasteiger partial charge in [0.2, 0.25) is 0 Å². The number of aromatic nitrogens is 4. The fourth-order valence-corrected chi connectivity index (χ4v) is 3.81. The number of fused-ring (bicyclic) bond motifs is 1. The fraction of sp³-hybridized carbons (Fsp3) is 0.556. The number of carbonyl (C=O) groups excluding carboxylic acids is 1. The van der Waals surface area contributed by atoms with Crippen molar-refractivity contribution in [2.45, 2.75) is 51.2 Å². The van der Waals surface area contributed by atoms with Gasteiger partial charge < -0.3 is 14.8 Å². The molecule has 0 spiro atoms. The van der Waals surface area contributed by atoms with E-state index in [1.807, 2.05) is 16.9 Å². The molecule has 1 aliphatic carbocycles. The molecule has 2 aromatic heterocycles. The van der Waals surface area contributed by atoms with Crippen LogP contribution in [-0.4, -0.2) is 36.8 Å². The first-order chi connectivity index (χ1) is 12.6. The summed E-state index contributed by atoms with van der Waals surface area (Å²) in [5.74, 6) is 0. The predicted octanol–water partition coefficient (Wildman–Crippen LogP) is 1.36. The number of hydrogen-bond acceptors (Lipinski definition) is 4. The van der Waals surface area contributed by atoms with Gasteiger partial charge >= 0.3 is 6.03 Å². The topological polar surface area (TPSA) is 85.0 Å². The van der Waals surface area contributed by atoms with Crippen molar-refractivity contribution < 1.29 is 4.79 Å². The van der Waals surface area contributed by atoms with E-state index < -0.39 is 0 Å². The van der Waals surface area contributed by atoms with Gasteiger partial charge in [-0.25, -0.2) is 9.78 Å². The molecule has 3 heterocycles. The van der Waals surface area contributed by atoms with Gasteiger partial charge in [0, 0.05) is 25.4 Å². The highest BCUT2D eigenvalue weighted by Crippen LogP contribution is 2.28. The molecular weight excluding hydrogens is 332 g/mol. The van der Waals surface area contributed by atoms with Gasteiger partial charge in [-0.3, -0.25) is 9.48 Å². The van der Waals surface area contributed by atoms with E-state index in [1.54, 1.807) is 11.9 Å². The molecule has 2 aliphatic rings. The van der Waals surface area contributed by atoms with Crippen molar-refractivity contribution >= 4 is 6.03 Å². The minimum absolute atomic E-state index is 0.0208. The normalized spacial score (nSPS) is 17.3. The molecule has 8 nitrogen and oxygen atoms in total. The Morgan fingerprint density at radius 3 is 2.96 bits per heavy atom. The van der Waals surface area contributed by atoms with Crippen LogP contribution in [-0.2, 0) is 26.6 Å². The first-order valence-electron chi connectivity index (χ1n) is 9.22. The smallest absolute Gasteiger partial charge is 0.318 e. The highest BCUT2D eigenvalue weighted by atomic mass is 16.2. The molecule has 0 bridgehead atoms. The summed E-state index contributed by atoms with van der Waals surface area (Å²) < 4.78 is 3.51. The number of rotatable bonds is 3. The van der Waals surface area contributed by atoms with Crippen LogP contribution in [0.4, 0.5) is 4.79 Å². The summed E-state index contributed by atoms with van der Waals surface area (Å²) in [6.45, 7) is 1.30. The molecule has 0 radical (unpaired) electrons. The molecule has 8 heteroatoms. The zero-order valence-electron chi connectivity index (χ0n) is 15.0. The summed E-state index contributed by atoms with van der Waals surface area (Å²) in [4.78, 5) is 30.6. The largest absolute Gasteiger partial charge is 0.332 e. The molecule has 0 atom stereocenters. The molecule has 1 saturated carbocycles. The maximum absolute atomic E-state index is 12.5. The molecule has 2 amide bonds. The second kappa shape index (κ2) is 6.93. The summed E-state index contributed by atoms with van der Waals surface area (Å²) in [5, 5.41) is 7.52. The van der Waals surface area contributed by atoms with E-state index in [9.17, 15) is 9.59 Å². The Morgan fingerprint density at radius 1 is 1.35 bits per heavy atom. The third kappa shape index (κ3) is 3.23. The van der Waals surface area contributed by atoms with E-state index in [0.29, 0.717) is 43.4 Å². The van der Waals surface area contributed by atoms with Crippen molar-refractivity contribution in [2.24, 2.45) is 7.05 Å². The van der Waals surface area contributed by atoms with E-state index in [2.05, 4.69) is 15.4 Å². The number of nitrogens with zero attached hydrogens (tertiary/aromatic N) is 5. The van der Waals surface area contributed by atoms with Crippen LogP contribution >= 0.6 is 0 Å². The number of aryl methyl sites for hydroxylation is 1. The first-order valence-corrected chi connectivity index (χ1v) is 9.22. The molecule has 1 N–H and O–H groups in total. The molecule has 26 heavy (non-hydrogen) atoms. The Balaban J connectivity index is 1.35. The van der Waals surface area contributed by atoms with E-state index >= 15 is 0 Å². The molecule has 0 saturated heterocycles. The van der Waals surface area contributed by atoms with E-state index in [0.717, 1.165) is 5.69 Å². The SMILES string of the molecule is Cn1cnc2c(c1=O)CCN(C(=O)NCc1ccn(C3CCCC3)n1)C2. The zero-order valence-corrected chi connectivity index (χ0v) is 15.0. The Labute approximate surface area is 151 Å². The van der Waals surface area contributed by atoms with E-state index in [1.165, 1.54) is 36.6 Å².